The Morgan fingerprint density at radius 3 is 3.00 bits per heavy atom. The summed E-state index contributed by atoms with van der Waals surface area (Å²) in [4.78, 5) is 7.41. The zero-order valence-corrected chi connectivity index (χ0v) is 14.5. The van der Waals surface area contributed by atoms with Gasteiger partial charge in [-0.1, -0.05) is 20.3 Å². The van der Waals surface area contributed by atoms with Crippen molar-refractivity contribution in [1.82, 2.24) is 9.55 Å². The molecule has 3 nitrogen and oxygen atoms in total. The van der Waals surface area contributed by atoms with Gasteiger partial charge in [-0.15, -0.1) is 11.3 Å². The molecule has 0 saturated heterocycles. The quantitative estimate of drug-likeness (QED) is 0.882. The average Bonchev–Trinajstić information content (AvgIpc) is 3.15. The molecule has 120 valence electrons. The second-order valence-electron chi connectivity index (χ2n) is 6.94. The minimum absolute atomic E-state index is 0.565. The Balaban J connectivity index is 1.81. The molecule has 0 amide bonds. The molecule has 0 unspecified atom stereocenters. The molecule has 2 aromatic heterocycles. The van der Waals surface area contributed by atoms with Crippen LogP contribution in [0.4, 0.5) is 0 Å². The topological polar surface area (TPSA) is 43.8 Å². The Hall–Kier alpha value is -1.13. The van der Waals surface area contributed by atoms with E-state index < -0.39 is 0 Å². The van der Waals surface area contributed by atoms with E-state index in [4.69, 9.17) is 5.73 Å². The van der Waals surface area contributed by atoms with Crippen molar-refractivity contribution < 1.29 is 0 Å². The zero-order chi connectivity index (χ0) is 15.5. The Morgan fingerprint density at radius 2 is 2.23 bits per heavy atom. The van der Waals surface area contributed by atoms with Gasteiger partial charge in [-0.25, -0.2) is 4.98 Å². The highest BCUT2D eigenvalue weighted by molar-refractivity contribution is 7.15. The van der Waals surface area contributed by atoms with Crippen LogP contribution >= 0.6 is 11.3 Å². The molecule has 1 aliphatic rings. The van der Waals surface area contributed by atoms with E-state index in [1.807, 2.05) is 17.5 Å². The molecule has 4 heteroatoms. The maximum atomic E-state index is 5.89. The highest BCUT2D eigenvalue weighted by Crippen LogP contribution is 2.36. The fourth-order valence-corrected chi connectivity index (χ4v) is 4.76. The van der Waals surface area contributed by atoms with E-state index in [1.54, 1.807) is 0 Å². The van der Waals surface area contributed by atoms with Crippen molar-refractivity contribution in [3.05, 3.63) is 29.4 Å². The van der Waals surface area contributed by atoms with Gasteiger partial charge >= 0.3 is 0 Å². The van der Waals surface area contributed by atoms with Crippen molar-refractivity contribution >= 4 is 11.3 Å². The molecule has 22 heavy (non-hydrogen) atoms. The molecule has 0 spiro atoms. The predicted molar refractivity (Wildman–Crippen MR) is 94.1 cm³/mol. The van der Waals surface area contributed by atoms with E-state index in [0.717, 1.165) is 18.8 Å². The van der Waals surface area contributed by atoms with Crippen molar-refractivity contribution in [2.75, 3.05) is 6.54 Å². The van der Waals surface area contributed by atoms with Gasteiger partial charge in [0.15, 0.2) is 0 Å². The second kappa shape index (κ2) is 6.97. The first-order valence-corrected chi connectivity index (χ1v) is 9.31. The second-order valence-corrected chi connectivity index (χ2v) is 8.11. The minimum Gasteiger partial charge on any atom is -0.330 e. The number of aromatic nitrogens is 2. The van der Waals surface area contributed by atoms with Crippen LogP contribution in [0.3, 0.4) is 0 Å². The predicted octanol–water partition coefficient (Wildman–Crippen LogP) is 4.50. The smallest absolute Gasteiger partial charge is 0.150 e. The molecule has 3 rings (SSSR count). The van der Waals surface area contributed by atoms with Crippen LogP contribution in [0, 0.1) is 11.8 Å². The summed E-state index contributed by atoms with van der Waals surface area (Å²) in [5.41, 5.74) is 5.89. The van der Waals surface area contributed by atoms with Crippen molar-refractivity contribution in [2.45, 2.75) is 52.0 Å². The molecule has 1 fully saturated rings. The molecule has 0 bridgehead atoms. The molecular weight excluding hydrogens is 290 g/mol. The Labute approximate surface area is 137 Å². The van der Waals surface area contributed by atoms with Crippen LogP contribution in [-0.2, 0) is 6.42 Å². The highest BCUT2D eigenvalue weighted by atomic mass is 32.1. The average molecular weight is 318 g/mol. The summed E-state index contributed by atoms with van der Waals surface area (Å²) in [6.45, 7) is 5.36. The number of rotatable bonds is 5. The number of nitrogens with zero attached hydrogens (tertiary/aromatic N) is 2. The number of hydrogen-bond acceptors (Lipinski definition) is 3. The van der Waals surface area contributed by atoms with E-state index in [2.05, 4.69) is 41.7 Å². The molecule has 0 radical (unpaired) electrons. The van der Waals surface area contributed by atoms with Gasteiger partial charge in [0.25, 0.3) is 0 Å². The van der Waals surface area contributed by atoms with Gasteiger partial charge in [-0.05, 0) is 56.2 Å². The summed E-state index contributed by atoms with van der Waals surface area (Å²) < 4.78 is 2.40. The standard InChI is InChI=1S/C18H27N3S/c1-13(2)10-16-6-7-17(22-16)18-20-8-9-21(18)15-5-3-4-14(11-15)12-19/h6-9,13-15H,3-5,10-12,19H2,1-2H3/t14-,15+/m0/s1. The van der Waals surface area contributed by atoms with Gasteiger partial charge in [-0.2, -0.15) is 0 Å². The van der Waals surface area contributed by atoms with E-state index in [1.165, 1.54) is 35.4 Å². The first kappa shape index (κ1) is 15.8. The molecule has 2 N–H and O–H groups in total. The van der Waals surface area contributed by atoms with E-state index in [0.29, 0.717) is 17.9 Å². The van der Waals surface area contributed by atoms with Gasteiger partial charge < -0.3 is 10.3 Å². The van der Waals surface area contributed by atoms with Crippen molar-refractivity contribution in [2.24, 2.45) is 17.6 Å². The molecule has 1 saturated carbocycles. The lowest BCUT2D eigenvalue weighted by molar-refractivity contribution is 0.273. The van der Waals surface area contributed by atoms with Crippen molar-refractivity contribution in [3.8, 4) is 10.7 Å². The number of hydrogen-bond donors (Lipinski definition) is 1. The molecule has 1 aliphatic carbocycles. The summed E-state index contributed by atoms with van der Waals surface area (Å²) in [7, 11) is 0. The molecule has 2 aromatic rings. The summed E-state index contributed by atoms with van der Waals surface area (Å²) in [5.74, 6) is 2.52. The number of nitrogens with two attached hydrogens (primary N) is 1. The van der Waals surface area contributed by atoms with Gasteiger partial charge in [-0.3, -0.25) is 0 Å². The zero-order valence-electron chi connectivity index (χ0n) is 13.7. The third-order valence-electron chi connectivity index (χ3n) is 4.64. The van der Waals surface area contributed by atoms with Crippen LogP contribution in [-0.4, -0.2) is 16.1 Å². The maximum absolute atomic E-state index is 5.89. The van der Waals surface area contributed by atoms with E-state index in [9.17, 15) is 0 Å². The SMILES string of the molecule is CC(C)Cc1ccc(-c2nccn2[C@@H]2CCC[C@H](CN)C2)s1. The lowest BCUT2D eigenvalue weighted by Gasteiger charge is -2.30. The number of imidazole rings is 1. The van der Waals surface area contributed by atoms with Crippen LogP contribution in [0.2, 0.25) is 0 Å². The summed E-state index contributed by atoms with van der Waals surface area (Å²) >= 11 is 1.90. The monoisotopic (exact) mass is 317 g/mol. The van der Waals surface area contributed by atoms with Crippen molar-refractivity contribution in [3.63, 3.8) is 0 Å². The van der Waals surface area contributed by atoms with Crippen LogP contribution in [0.1, 0.15) is 50.4 Å². The van der Waals surface area contributed by atoms with Gasteiger partial charge in [0.1, 0.15) is 5.82 Å². The van der Waals surface area contributed by atoms with Gasteiger partial charge in [0, 0.05) is 23.3 Å². The maximum Gasteiger partial charge on any atom is 0.150 e. The minimum atomic E-state index is 0.565. The fraction of sp³-hybridized carbons (Fsp3) is 0.611. The third kappa shape index (κ3) is 3.44. The van der Waals surface area contributed by atoms with Crippen LogP contribution in [0.5, 0.6) is 0 Å². The first-order chi connectivity index (χ1) is 10.7. The van der Waals surface area contributed by atoms with Gasteiger partial charge in [0.2, 0.25) is 0 Å². The molecule has 2 heterocycles. The Kier molecular flexibility index (Phi) is 4.99. The summed E-state index contributed by atoms with van der Waals surface area (Å²) in [5, 5.41) is 0. The Morgan fingerprint density at radius 1 is 1.36 bits per heavy atom. The number of thiophene rings is 1. The van der Waals surface area contributed by atoms with Gasteiger partial charge in [0.05, 0.1) is 4.88 Å². The molecular formula is C18H27N3S. The van der Waals surface area contributed by atoms with E-state index in [-0.39, 0.29) is 0 Å². The van der Waals surface area contributed by atoms with Crippen LogP contribution < -0.4 is 5.73 Å². The Bertz CT molecular complexity index is 599. The third-order valence-corrected chi connectivity index (χ3v) is 5.75. The molecule has 2 atom stereocenters. The summed E-state index contributed by atoms with van der Waals surface area (Å²) in [6, 6.07) is 5.07. The first-order valence-electron chi connectivity index (χ1n) is 8.49. The van der Waals surface area contributed by atoms with E-state index >= 15 is 0 Å². The molecule has 0 aromatic carbocycles. The normalized spacial score (nSPS) is 22.4. The lowest BCUT2D eigenvalue weighted by atomic mass is 9.85. The lowest BCUT2D eigenvalue weighted by Crippen LogP contribution is -2.24. The van der Waals surface area contributed by atoms with Crippen LogP contribution in [0.15, 0.2) is 24.5 Å². The van der Waals surface area contributed by atoms with Crippen LogP contribution in [0.25, 0.3) is 10.7 Å². The highest BCUT2D eigenvalue weighted by Gasteiger charge is 2.24. The largest absolute Gasteiger partial charge is 0.330 e. The summed E-state index contributed by atoms with van der Waals surface area (Å²) in [6.07, 6.45) is 10.3. The fourth-order valence-electron chi connectivity index (χ4n) is 3.54. The van der Waals surface area contributed by atoms with Crippen molar-refractivity contribution in [1.29, 1.82) is 0 Å². The molecule has 0 aliphatic heterocycles.